The number of ether oxygens (including phenoxy) is 2. The molecule has 0 unspecified atom stereocenters. The Morgan fingerprint density at radius 1 is 1.00 bits per heavy atom. The second-order valence-electron chi connectivity index (χ2n) is 8.61. The summed E-state index contributed by atoms with van der Waals surface area (Å²) < 4.78 is 40.2. The van der Waals surface area contributed by atoms with Gasteiger partial charge >= 0.3 is 0 Å². The molecule has 5 rings (SSSR count). The lowest BCUT2D eigenvalue weighted by atomic mass is 10.0. The van der Waals surface area contributed by atoms with E-state index in [1.54, 1.807) is 46.2 Å². The van der Waals surface area contributed by atoms with Crippen LogP contribution < -0.4 is 13.9 Å². The fourth-order valence-electron chi connectivity index (χ4n) is 4.73. The third-order valence-electron chi connectivity index (χ3n) is 6.47. The Balaban J connectivity index is 1.50. The Hall–Kier alpha value is -3.11. The third-order valence-corrected chi connectivity index (χ3v) is 8.25. The number of rotatable bonds is 3. The van der Waals surface area contributed by atoms with E-state index in [0.29, 0.717) is 50.7 Å². The van der Waals surface area contributed by atoms with Gasteiger partial charge < -0.3 is 19.3 Å². The summed E-state index contributed by atoms with van der Waals surface area (Å²) in [6.45, 7) is 3.81. The van der Waals surface area contributed by atoms with E-state index in [4.69, 9.17) is 9.47 Å². The summed E-state index contributed by atoms with van der Waals surface area (Å²) in [7, 11) is -3.99. The average Bonchev–Trinajstić information content (AvgIpc) is 2.87. The SMILES string of the molecule is CC(=O)N1CCCc2cc(S(=O)(=O)N3C[C@@H](C(=O)N4CCOCC4)Oc4ccccc43)ccc21. The lowest BCUT2D eigenvalue weighted by Gasteiger charge is -2.37. The van der Waals surface area contributed by atoms with Crippen molar-refractivity contribution < 1.29 is 27.5 Å². The van der Waals surface area contributed by atoms with E-state index in [1.807, 2.05) is 0 Å². The van der Waals surface area contributed by atoms with Gasteiger partial charge in [-0.05, 0) is 48.7 Å². The van der Waals surface area contributed by atoms with Crippen LogP contribution in [0, 0.1) is 0 Å². The van der Waals surface area contributed by atoms with Crippen LogP contribution in [0.15, 0.2) is 47.4 Å². The number of hydrogen-bond acceptors (Lipinski definition) is 6. The number of fused-ring (bicyclic) bond motifs is 2. The van der Waals surface area contributed by atoms with Crippen molar-refractivity contribution in [2.45, 2.75) is 30.8 Å². The zero-order valence-corrected chi connectivity index (χ0v) is 19.8. The van der Waals surface area contributed by atoms with Crippen LogP contribution in [-0.4, -0.2) is 70.6 Å². The van der Waals surface area contributed by atoms with Crippen LogP contribution in [0.3, 0.4) is 0 Å². The molecule has 10 heteroatoms. The van der Waals surface area contributed by atoms with Gasteiger partial charge in [0, 0.05) is 32.2 Å². The van der Waals surface area contributed by atoms with Gasteiger partial charge in [-0.25, -0.2) is 8.42 Å². The first kappa shape index (κ1) is 22.7. The molecular weight excluding hydrogens is 458 g/mol. The molecule has 9 nitrogen and oxygen atoms in total. The van der Waals surface area contributed by atoms with Crippen LogP contribution in [0.1, 0.15) is 18.9 Å². The van der Waals surface area contributed by atoms with Crippen molar-refractivity contribution in [1.82, 2.24) is 4.90 Å². The van der Waals surface area contributed by atoms with E-state index in [2.05, 4.69) is 0 Å². The molecule has 0 bridgehead atoms. The largest absolute Gasteiger partial charge is 0.476 e. The van der Waals surface area contributed by atoms with Crippen molar-refractivity contribution in [2.24, 2.45) is 0 Å². The van der Waals surface area contributed by atoms with Crippen molar-refractivity contribution >= 4 is 33.2 Å². The number of hydrogen-bond donors (Lipinski definition) is 0. The summed E-state index contributed by atoms with van der Waals surface area (Å²) in [6.07, 6.45) is 0.515. The van der Waals surface area contributed by atoms with Crippen LogP contribution in [0.5, 0.6) is 5.75 Å². The standard InChI is InChI=1S/C24H27N3O6S/c1-17(28)26-10-4-5-18-15-19(8-9-20(18)26)34(30,31)27-16-23(24(29)25-11-13-32-14-12-25)33-22-7-3-2-6-21(22)27/h2-3,6-9,15,23H,4-5,10-14,16H2,1H3/t23-/m0/s1. The highest BCUT2D eigenvalue weighted by atomic mass is 32.2. The number of carbonyl (C=O) groups excluding carboxylic acids is 2. The second kappa shape index (κ2) is 8.92. The predicted molar refractivity (Wildman–Crippen MR) is 126 cm³/mol. The summed E-state index contributed by atoms with van der Waals surface area (Å²) in [5.74, 6) is 0.0355. The molecule has 0 N–H and O–H groups in total. The molecule has 2 aromatic carbocycles. The minimum absolute atomic E-state index is 0.0665. The quantitative estimate of drug-likeness (QED) is 0.658. The molecule has 2 amide bonds. The van der Waals surface area contributed by atoms with Gasteiger partial charge in [0.1, 0.15) is 5.75 Å². The van der Waals surface area contributed by atoms with Crippen LogP contribution >= 0.6 is 0 Å². The van der Waals surface area contributed by atoms with Gasteiger partial charge in [0.25, 0.3) is 15.9 Å². The predicted octanol–water partition coefficient (Wildman–Crippen LogP) is 1.80. The molecule has 1 fully saturated rings. The van der Waals surface area contributed by atoms with Crippen LogP contribution in [0.25, 0.3) is 0 Å². The van der Waals surface area contributed by atoms with E-state index in [1.165, 1.54) is 17.3 Å². The average molecular weight is 486 g/mol. The number of morpholine rings is 1. The van der Waals surface area contributed by atoms with E-state index in [9.17, 15) is 18.0 Å². The smallest absolute Gasteiger partial charge is 0.265 e. The maximum atomic E-state index is 13.8. The lowest BCUT2D eigenvalue weighted by molar-refractivity contribution is -0.142. The Morgan fingerprint density at radius 3 is 2.53 bits per heavy atom. The van der Waals surface area contributed by atoms with Crippen molar-refractivity contribution in [2.75, 3.05) is 48.6 Å². The molecule has 180 valence electrons. The maximum absolute atomic E-state index is 13.8. The first-order valence-corrected chi connectivity index (χ1v) is 12.9. The summed E-state index contributed by atoms with van der Waals surface area (Å²) in [5, 5.41) is 0. The highest BCUT2D eigenvalue weighted by Crippen LogP contribution is 2.38. The number of benzene rings is 2. The first-order chi connectivity index (χ1) is 16.4. The number of aryl methyl sites for hydroxylation is 1. The van der Waals surface area contributed by atoms with Crippen molar-refractivity contribution in [3.63, 3.8) is 0 Å². The normalized spacial score (nSPS) is 20.3. The van der Waals surface area contributed by atoms with E-state index in [0.717, 1.165) is 17.7 Å². The Labute approximate surface area is 198 Å². The molecule has 1 atom stereocenters. The molecule has 3 heterocycles. The Morgan fingerprint density at radius 2 is 1.76 bits per heavy atom. The Kier molecular flexibility index (Phi) is 5.95. The van der Waals surface area contributed by atoms with Crippen molar-refractivity contribution in [3.05, 3.63) is 48.0 Å². The highest BCUT2D eigenvalue weighted by molar-refractivity contribution is 7.92. The first-order valence-electron chi connectivity index (χ1n) is 11.4. The fraction of sp³-hybridized carbons (Fsp3) is 0.417. The van der Waals surface area contributed by atoms with Crippen LogP contribution in [0.2, 0.25) is 0 Å². The zero-order valence-electron chi connectivity index (χ0n) is 19.0. The van der Waals surface area contributed by atoms with Gasteiger partial charge in [-0.3, -0.25) is 13.9 Å². The molecule has 3 aliphatic heterocycles. The van der Waals surface area contributed by atoms with Gasteiger partial charge in [-0.15, -0.1) is 0 Å². The summed E-state index contributed by atoms with van der Waals surface area (Å²) in [4.78, 5) is 28.6. The third kappa shape index (κ3) is 4.01. The number of anilines is 2. The van der Waals surface area contributed by atoms with E-state index >= 15 is 0 Å². The highest BCUT2D eigenvalue weighted by Gasteiger charge is 2.39. The second-order valence-corrected chi connectivity index (χ2v) is 10.5. The number of amides is 2. The van der Waals surface area contributed by atoms with Gasteiger partial charge in [0.05, 0.1) is 30.3 Å². The van der Waals surface area contributed by atoms with E-state index < -0.39 is 16.1 Å². The van der Waals surface area contributed by atoms with Crippen molar-refractivity contribution in [1.29, 1.82) is 0 Å². The van der Waals surface area contributed by atoms with Gasteiger partial charge in [-0.2, -0.15) is 0 Å². The molecule has 0 aromatic heterocycles. The van der Waals surface area contributed by atoms with Crippen LogP contribution in [-0.2, 0) is 30.8 Å². The molecule has 3 aliphatic rings. The minimum Gasteiger partial charge on any atom is -0.476 e. The van der Waals surface area contributed by atoms with Gasteiger partial charge in [-0.1, -0.05) is 12.1 Å². The molecule has 2 aromatic rings. The topological polar surface area (TPSA) is 96.5 Å². The molecule has 0 radical (unpaired) electrons. The zero-order chi connectivity index (χ0) is 23.9. The Bertz CT molecular complexity index is 1220. The number of carbonyl (C=O) groups is 2. The summed E-state index contributed by atoms with van der Waals surface area (Å²) in [5.41, 5.74) is 1.97. The fourth-order valence-corrected chi connectivity index (χ4v) is 6.26. The maximum Gasteiger partial charge on any atom is 0.265 e. The van der Waals surface area contributed by atoms with Gasteiger partial charge in [0.2, 0.25) is 5.91 Å². The van der Waals surface area contributed by atoms with Crippen LogP contribution in [0.4, 0.5) is 11.4 Å². The molecule has 1 saturated heterocycles. The molecule has 0 saturated carbocycles. The number of sulfonamides is 1. The molecule has 0 spiro atoms. The van der Waals surface area contributed by atoms with Gasteiger partial charge in [0.15, 0.2) is 6.10 Å². The number of nitrogens with zero attached hydrogens (tertiary/aromatic N) is 3. The molecular formula is C24H27N3O6S. The summed E-state index contributed by atoms with van der Waals surface area (Å²) in [6, 6.07) is 11.7. The lowest BCUT2D eigenvalue weighted by Crippen LogP contribution is -2.54. The van der Waals surface area contributed by atoms with E-state index in [-0.39, 0.29) is 23.3 Å². The minimum atomic E-state index is -3.99. The molecule has 0 aliphatic carbocycles. The van der Waals surface area contributed by atoms with Crippen molar-refractivity contribution in [3.8, 4) is 5.75 Å². The summed E-state index contributed by atoms with van der Waals surface area (Å²) >= 11 is 0. The number of para-hydroxylation sites is 2. The monoisotopic (exact) mass is 485 g/mol. The molecule has 34 heavy (non-hydrogen) atoms.